The van der Waals surface area contributed by atoms with E-state index in [4.69, 9.17) is 5.73 Å². The normalized spacial score (nSPS) is 21.0. The first-order valence-corrected chi connectivity index (χ1v) is 6.57. The number of rotatable bonds is 3. The quantitative estimate of drug-likeness (QED) is 0.900. The minimum Gasteiger partial charge on any atom is -0.370 e. The Hall–Kier alpha value is -2.69. The Morgan fingerprint density at radius 3 is 2.33 bits per heavy atom. The topological polar surface area (TPSA) is 67.5 Å². The zero-order chi connectivity index (χ0) is 14.9. The lowest BCUT2D eigenvalue weighted by Crippen LogP contribution is -2.40. The highest BCUT2D eigenvalue weighted by molar-refractivity contribution is 6.07. The molecule has 0 aliphatic carbocycles. The van der Waals surface area contributed by atoms with E-state index in [2.05, 4.69) is 10.3 Å². The fraction of sp³-hybridized carbons (Fsp3) is 0.125. The number of hydrogen-bond acceptors (Lipinski definition) is 3. The highest BCUT2D eigenvalue weighted by atomic mass is 19.1. The van der Waals surface area contributed by atoms with Crippen molar-refractivity contribution < 1.29 is 9.18 Å². The fourth-order valence-electron chi connectivity index (χ4n) is 2.53. The molecule has 1 heterocycles. The minimum absolute atomic E-state index is 0.103. The molecule has 1 aliphatic rings. The van der Waals surface area contributed by atoms with Gasteiger partial charge in [0.1, 0.15) is 5.82 Å². The summed E-state index contributed by atoms with van der Waals surface area (Å²) in [4.78, 5) is 16.7. The molecule has 1 unspecified atom stereocenters. The fourth-order valence-corrected chi connectivity index (χ4v) is 2.53. The highest BCUT2D eigenvalue weighted by Crippen LogP contribution is 2.33. The van der Waals surface area contributed by atoms with Crippen LogP contribution in [0, 0.1) is 5.82 Å². The summed E-state index contributed by atoms with van der Waals surface area (Å²) < 4.78 is 13.0. The first-order valence-electron chi connectivity index (χ1n) is 6.57. The number of guanidine groups is 1. The van der Waals surface area contributed by atoms with Gasteiger partial charge in [-0.1, -0.05) is 42.5 Å². The number of aliphatic imine (C=N–C) groups is 1. The van der Waals surface area contributed by atoms with Gasteiger partial charge in [0.15, 0.2) is 11.5 Å². The van der Waals surface area contributed by atoms with Crippen molar-refractivity contribution in [2.45, 2.75) is 12.0 Å². The average molecular weight is 283 g/mol. The van der Waals surface area contributed by atoms with Gasteiger partial charge in [-0.3, -0.25) is 10.1 Å². The van der Waals surface area contributed by atoms with Crippen molar-refractivity contribution in [2.75, 3.05) is 0 Å². The Morgan fingerprint density at radius 1 is 1.10 bits per heavy atom. The summed E-state index contributed by atoms with van der Waals surface area (Å²) in [6, 6.07) is 15.3. The van der Waals surface area contributed by atoms with Crippen molar-refractivity contribution >= 4 is 11.9 Å². The van der Waals surface area contributed by atoms with Crippen LogP contribution in [0.1, 0.15) is 11.1 Å². The molecule has 1 atom stereocenters. The summed E-state index contributed by atoms with van der Waals surface area (Å²) in [5, 5.41) is 2.55. The highest BCUT2D eigenvalue weighted by Gasteiger charge is 2.44. The number of amides is 1. The summed E-state index contributed by atoms with van der Waals surface area (Å²) in [6.07, 6.45) is 0.323. The van der Waals surface area contributed by atoms with Crippen molar-refractivity contribution in [3.8, 4) is 0 Å². The predicted octanol–water partition coefficient (Wildman–Crippen LogP) is 1.71. The summed E-state index contributed by atoms with van der Waals surface area (Å²) >= 11 is 0. The summed E-state index contributed by atoms with van der Waals surface area (Å²) in [7, 11) is 0. The van der Waals surface area contributed by atoms with Crippen molar-refractivity contribution in [3.63, 3.8) is 0 Å². The second-order valence-corrected chi connectivity index (χ2v) is 4.98. The van der Waals surface area contributed by atoms with E-state index in [1.807, 2.05) is 30.3 Å². The van der Waals surface area contributed by atoms with Crippen LogP contribution in [-0.2, 0) is 16.8 Å². The second kappa shape index (κ2) is 5.01. The molecule has 3 rings (SSSR count). The zero-order valence-electron chi connectivity index (χ0n) is 11.2. The van der Waals surface area contributed by atoms with Crippen LogP contribution in [-0.4, -0.2) is 11.9 Å². The molecule has 0 aromatic heterocycles. The maximum atomic E-state index is 13.0. The van der Waals surface area contributed by atoms with E-state index in [9.17, 15) is 9.18 Å². The van der Waals surface area contributed by atoms with Crippen molar-refractivity contribution in [1.82, 2.24) is 5.32 Å². The molecule has 0 saturated heterocycles. The molecule has 1 amide bonds. The lowest BCUT2D eigenvalue weighted by atomic mass is 9.84. The number of carbonyl (C=O) groups excluding carboxylic acids is 1. The van der Waals surface area contributed by atoms with Crippen LogP contribution in [0.4, 0.5) is 4.39 Å². The minimum atomic E-state index is -1.09. The molecule has 5 heteroatoms. The van der Waals surface area contributed by atoms with E-state index in [-0.39, 0.29) is 17.7 Å². The van der Waals surface area contributed by atoms with Gasteiger partial charge in [0.2, 0.25) is 0 Å². The Morgan fingerprint density at radius 2 is 1.76 bits per heavy atom. The van der Waals surface area contributed by atoms with E-state index in [0.717, 1.165) is 11.1 Å². The third-order valence-corrected chi connectivity index (χ3v) is 3.55. The molecule has 2 aromatic rings. The molecule has 3 N–H and O–H groups in total. The number of nitrogens with zero attached hydrogens (tertiary/aromatic N) is 1. The molecule has 0 fully saturated rings. The van der Waals surface area contributed by atoms with Gasteiger partial charge in [-0.05, 0) is 23.3 Å². The summed E-state index contributed by atoms with van der Waals surface area (Å²) in [5.74, 6) is -0.479. The maximum Gasteiger partial charge on any atom is 0.259 e. The first-order chi connectivity index (χ1) is 10.1. The van der Waals surface area contributed by atoms with Crippen LogP contribution in [0.3, 0.4) is 0 Å². The number of nitrogens with two attached hydrogens (primary N) is 1. The predicted molar refractivity (Wildman–Crippen MR) is 78.0 cm³/mol. The lowest BCUT2D eigenvalue weighted by Gasteiger charge is -2.24. The Kier molecular flexibility index (Phi) is 3.17. The first kappa shape index (κ1) is 13.3. The number of nitrogens with one attached hydrogen (secondary N) is 1. The van der Waals surface area contributed by atoms with E-state index in [0.29, 0.717) is 6.42 Å². The van der Waals surface area contributed by atoms with Crippen LogP contribution < -0.4 is 11.1 Å². The Bertz CT molecular complexity index is 697. The molecule has 0 radical (unpaired) electrons. The van der Waals surface area contributed by atoms with Crippen LogP contribution in [0.5, 0.6) is 0 Å². The molecule has 21 heavy (non-hydrogen) atoms. The number of halogens is 1. The monoisotopic (exact) mass is 283 g/mol. The molecule has 0 spiro atoms. The van der Waals surface area contributed by atoms with Crippen LogP contribution in [0.2, 0.25) is 0 Å². The van der Waals surface area contributed by atoms with Crippen LogP contribution >= 0.6 is 0 Å². The molecule has 0 saturated carbocycles. The van der Waals surface area contributed by atoms with Crippen molar-refractivity contribution in [1.29, 1.82) is 0 Å². The van der Waals surface area contributed by atoms with Gasteiger partial charge in [0.25, 0.3) is 5.91 Å². The third kappa shape index (κ3) is 2.38. The SMILES string of the molecule is NC1=NC(Cc2ccc(F)cc2)(c2ccccc2)C(=O)N1. The van der Waals surface area contributed by atoms with E-state index < -0.39 is 5.54 Å². The Balaban J connectivity index is 2.06. The van der Waals surface area contributed by atoms with Crippen LogP contribution in [0.25, 0.3) is 0 Å². The standard InChI is InChI=1S/C16H14FN3O/c17-13-8-6-11(7-9-13)10-16(12-4-2-1-3-5-12)14(21)19-15(18)20-16/h1-9H,10H2,(H3,18,19,20,21). The number of benzene rings is 2. The summed E-state index contributed by atoms with van der Waals surface area (Å²) in [6.45, 7) is 0. The van der Waals surface area contributed by atoms with Gasteiger partial charge in [-0.25, -0.2) is 9.38 Å². The van der Waals surface area contributed by atoms with Crippen molar-refractivity contribution in [3.05, 3.63) is 71.5 Å². The second-order valence-electron chi connectivity index (χ2n) is 4.98. The molecule has 4 nitrogen and oxygen atoms in total. The average Bonchev–Trinajstić information content (AvgIpc) is 2.77. The number of hydrogen-bond donors (Lipinski definition) is 2. The van der Waals surface area contributed by atoms with E-state index in [1.54, 1.807) is 12.1 Å². The third-order valence-electron chi connectivity index (χ3n) is 3.55. The van der Waals surface area contributed by atoms with Gasteiger partial charge in [0.05, 0.1) is 0 Å². The van der Waals surface area contributed by atoms with Gasteiger partial charge < -0.3 is 5.73 Å². The lowest BCUT2D eigenvalue weighted by molar-refractivity contribution is -0.124. The van der Waals surface area contributed by atoms with E-state index >= 15 is 0 Å². The molecule has 1 aliphatic heterocycles. The summed E-state index contributed by atoms with van der Waals surface area (Å²) in [5.41, 5.74) is 6.15. The smallest absolute Gasteiger partial charge is 0.259 e. The zero-order valence-corrected chi connectivity index (χ0v) is 11.2. The molecular formula is C16H14FN3O. The molecule has 106 valence electrons. The van der Waals surface area contributed by atoms with E-state index in [1.165, 1.54) is 12.1 Å². The largest absolute Gasteiger partial charge is 0.370 e. The Labute approximate surface area is 121 Å². The van der Waals surface area contributed by atoms with Gasteiger partial charge in [-0.2, -0.15) is 0 Å². The maximum absolute atomic E-state index is 13.0. The van der Waals surface area contributed by atoms with Gasteiger partial charge in [-0.15, -0.1) is 0 Å². The molecule has 2 aromatic carbocycles. The number of carbonyl (C=O) groups is 1. The molecular weight excluding hydrogens is 269 g/mol. The van der Waals surface area contributed by atoms with Gasteiger partial charge >= 0.3 is 0 Å². The molecule has 0 bridgehead atoms. The van der Waals surface area contributed by atoms with Crippen molar-refractivity contribution in [2.24, 2.45) is 10.7 Å². The van der Waals surface area contributed by atoms with Gasteiger partial charge in [0, 0.05) is 6.42 Å². The van der Waals surface area contributed by atoms with Crippen LogP contribution in [0.15, 0.2) is 59.6 Å².